The van der Waals surface area contributed by atoms with E-state index in [0.29, 0.717) is 17.4 Å². The number of rotatable bonds is 3. The second-order valence-electron chi connectivity index (χ2n) is 5.00. The molecule has 18 heavy (non-hydrogen) atoms. The van der Waals surface area contributed by atoms with Gasteiger partial charge in [-0.05, 0) is 43.0 Å². The van der Waals surface area contributed by atoms with Crippen LogP contribution in [-0.4, -0.2) is 18.5 Å². The summed E-state index contributed by atoms with van der Waals surface area (Å²) >= 11 is 3.29. The van der Waals surface area contributed by atoms with Gasteiger partial charge in [-0.3, -0.25) is 4.79 Å². The van der Waals surface area contributed by atoms with Crippen LogP contribution in [0, 0.1) is 17.7 Å². The third kappa shape index (κ3) is 2.29. The molecule has 3 rings (SSSR count). The van der Waals surface area contributed by atoms with E-state index in [1.54, 1.807) is 12.1 Å². The van der Waals surface area contributed by atoms with Gasteiger partial charge in [-0.1, -0.05) is 15.9 Å². The van der Waals surface area contributed by atoms with Crippen molar-refractivity contribution in [2.24, 2.45) is 11.8 Å². The molecule has 2 fully saturated rings. The second kappa shape index (κ2) is 4.63. The van der Waals surface area contributed by atoms with Crippen LogP contribution in [0.5, 0.6) is 0 Å². The van der Waals surface area contributed by atoms with Gasteiger partial charge in [0.1, 0.15) is 5.82 Å². The number of carbonyl (C=O) groups is 1. The van der Waals surface area contributed by atoms with Crippen molar-refractivity contribution in [3.8, 4) is 0 Å². The van der Waals surface area contributed by atoms with Gasteiger partial charge in [0, 0.05) is 16.6 Å². The molecule has 1 saturated heterocycles. The Kier molecular flexibility index (Phi) is 3.11. The van der Waals surface area contributed by atoms with E-state index in [0.717, 1.165) is 17.4 Å². The number of carbonyl (C=O) groups excluding carboxylic acids is 1. The lowest BCUT2D eigenvalue weighted by atomic mass is 10.1. The van der Waals surface area contributed by atoms with E-state index < -0.39 is 0 Å². The van der Waals surface area contributed by atoms with Gasteiger partial charge in [0.2, 0.25) is 5.91 Å². The maximum atomic E-state index is 13.5. The number of fused-ring (bicyclic) bond motifs is 1. The Morgan fingerprint density at radius 2 is 2.39 bits per heavy atom. The average molecular weight is 313 g/mol. The van der Waals surface area contributed by atoms with Crippen LogP contribution in [0.25, 0.3) is 0 Å². The predicted molar refractivity (Wildman–Crippen MR) is 69.3 cm³/mol. The molecule has 96 valence electrons. The normalized spacial score (nSPS) is 28.9. The zero-order valence-electron chi connectivity index (χ0n) is 9.75. The fourth-order valence-corrected chi connectivity index (χ4v) is 3.01. The van der Waals surface area contributed by atoms with Crippen LogP contribution in [0.4, 0.5) is 4.39 Å². The highest BCUT2D eigenvalue weighted by Crippen LogP contribution is 2.45. The molecule has 0 spiro atoms. The van der Waals surface area contributed by atoms with Gasteiger partial charge in [0.25, 0.3) is 0 Å². The zero-order chi connectivity index (χ0) is 12.7. The molecule has 2 N–H and O–H groups in total. The zero-order valence-corrected chi connectivity index (χ0v) is 11.3. The number of hydrogen-bond donors (Lipinski definition) is 2. The van der Waals surface area contributed by atoms with Crippen LogP contribution >= 0.6 is 15.9 Å². The Morgan fingerprint density at radius 1 is 1.56 bits per heavy atom. The topological polar surface area (TPSA) is 41.1 Å². The van der Waals surface area contributed by atoms with Crippen molar-refractivity contribution < 1.29 is 9.18 Å². The summed E-state index contributed by atoms with van der Waals surface area (Å²) < 4.78 is 14.3. The van der Waals surface area contributed by atoms with Crippen LogP contribution in [0.2, 0.25) is 0 Å². The van der Waals surface area contributed by atoms with Gasteiger partial charge >= 0.3 is 0 Å². The molecule has 1 aromatic rings. The maximum absolute atomic E-state index is 13.5. The van der Waals surface area contributed by atoms with Gasteiger partial charge in [-0.15, -0.1) is 0 Å². The third-order valence-electron chi connectivity index (χ3n) is 3.75. The molecular weight excluding hydrogens is 299 g/mol. The molecular formula is C13H14BrFN2O. The fraction of sp³-hybridized carbons (Fsp3) is 0.462. The molecule has 5 heteroatoms. The number of halogens is 2. The molecule has 3 nitrogen and oxygen atoms in total. The van der Waals surface area contributed by atoms with E-state index in [9.17, 15) is 9.18 Å². The van der Waals surface area contributed by atoms with E-state index in [2.05, 4.69) is 26.6 Å². The largest absolute Gasteiger partial charge is 0.351 e. The molecule has 0 bridgehead atoms. The Hall–Kier alpha value is -0.940. The first-order chi connectivity index (χ1) is 8.65. The summed E-state index contributed by atoms with van der Waals surface area (Å²) in [5.41, 5.74) is 0.503. The van der Waals surface area contributed by atoms with Crippen molar-refractivity contribution in [2.45, 2.75) is 19.0 Å². The molecule has 1 heterocycles. The van der Waals surface area contributed by atoms with E-state index in [-0.39, 0.29) is 24.3 Å². The van der Waals surface area contributed by atoms with Gasteiger partial charge in [-0.2, -0.15) is 0 Å². The quantitative estimate of drug-likeness (QED) is 0.894. The highest BCUT2D eigenvalue weighted by Gasteiger charge is 2.50. The van der Waals surface area contributed by atoms with Crippen LogP contribution in [0.3, 0.4) is 0 Å². The molecule has 1 aliphatic heterocycles. The lowest BCUT2D eigenvalue weighted by Gasteiger charge is -2.13. The minimum absolute atomic E-state index is 0.0145. The highest BCUT2D eigenvalue weighted by molar-refractivity contribution is 9.10. The Labute approximate surface area is 113 Å². The summed E-state index contributed by atoms with van der Waals surface area (Å²) in [7, 11) is 0. The molecule has 1 amide bonds. The molecule has 1 saturated carbocycles. The van der Waals surface area contributed by atoms with Gasteiger partial charge in [0.05, 0.1) is 6.04 Å². The molecule has 3 atom stereocenters. The number of benzene rings is 1. The van der Waals surface area contributed by atoms with Crippen LogP contribution in [-0.2, 0) is 11.3 Å². The smallest absolute Gasteiger partial charge is 0.237 e. The molecule has 1 aromatic carbocycles. The fourth-order valence-electron chi connectivity index (χ4n) is 2.60. The van der Waals surface area contributed by atoms with Crippen molar-refractivity contribution in [3.63, 3.8) is 0 Å². The third-order valence-corrected chi connectivity index (χ3v) is 4.24. The number of piperidine rings is 1. The summed E-state index contributed by atoms with van der Waals surface area (Å²) in [6.07, 6.45) is 1.15. The van der Waals surface area contributed by atoms with Crippen molar-refractivity contribution in [3.05, 3.63) is 34.1 Å². The van der Waals surface area contributed by atoms with E-state index >= 15 is 0 Å². The SMILES string of the molecule is O=C(NCc1cc(Br)ccc1F)C1NCC2CC21. The molecule has 0 radical (unpaired) electrons. The summed E-state index contributed by atoms with van der Waals surface area (Å²) in [5, 5.41) is 6.01. The monoisotopic (exact) mass is 312 g/mol. The van der Waals surface area contributed by atoms with Crippen molar-refractivity contribution in [1.82, 2.24) is 10.6 Å². The molecule has 3 unspecified atom stereocenters. The summed E-state index contributed by atoms with van der Waals surface area (Å²) in [5.74, 6) is 0.877. The summed E-state index contributed by atoms with van der Waals surface area (Å²) in [4.78, 5) is 11.9. The minimum atomic E-state index is -0.290. The first-order valence-electron chi connectivity index (χ1n) is 6.10. The Morgan fingerprint density at radius 3 is 3.06 bits per heavy atom. The van der Waals surface area contributed by atoms with Crippen molar-refractivity contribution >= 4 is 21.8 Å². The van der Waals surface area contributed by atoms with Crippen LogP contribution < -0.4 is 10.6 Å². The first kappa shape index (κ1) is 12.1. The van der Waals surface area contributed by atoms with E-state index in [1.807, 2.05) is 0 Å². The summed E-state index contributed by atoms with van der Waals surface area (Å²) in [6, 6.07) is 4.66. The molecule has 1 aliphatic carbocycles. The highest BCUT2D eigenvalue weighted by atomic mass is 79.9. The molecule has 0 aromatic heterocycles. The van der Waals surface area contributed by atoms with Gasteiger partial charge < -0.3 is 10.6 Å². The van der Waals surface area contributed by atoms with Gasteiger partial charge in [-0.25, -0.2) is 4.39 Å². The first-order valence-corrected chi connectivity index (χ1v) is 6.89. The average Bonchev–Trinajstić information content (AvgIpc) is 3.01. The minimum Gasteiger partial charge on any atom is -0.351 e. The van der Waals surface area contributed by atoms with Crippen LogP contribution in [0.1, 0.15) is 12.0 Å². The Balaban J connectivity index is 1.60. The Bertz CT molecular complexity index is 494. The van der Waals surface area contributed by atoms with Crippen molar-refractivity contribution in [2.75, 3.05) is 6.54 Å². The molecule has 2 aliphatic rings. The lowest BCUT2D eigenvalue weighted by molar-refractivity contribution is -0.123. The van der Waals surface area contributed by atoms with E-state index in [1.165, 1.54) is 6.07 Å². The second-order valence-corrected chi connectivity index (χ2v) is 5.91. The number of hydrogen-bond acceptors (Lipinski definition) is 2. The lowest BCUT2D eigenvalue weighted by Crippen LogP contribution is -2.42. The van der Waals surface area contributed by atoms with Crippen LogP contribution in [0.15, 0.2) is 22.7 Å². The number of amides is 1. The standard InChI is InChI=1S/C13H14BrFN2O/c14-9-1-2-11(15)8(3-9)6-17-13(18)12-10-4-7(10)5-16-12/h1-3,7,10,12,16H,4-6H2,(H,17,18). The van der Waals surface area contributed by atoms with Gasteiger partial charge in [0.15, 0.2) is 0 Å². The predicted octanol–water partition coefficient (Wildman–Crippen LogP) is 1.81. The maximum Gasteiger partial charge on any atom is 0.237 e. The summed E-state index contributed by atoms with van der Waals surface area (Å²) in [6.45, 7) is 1.17. The van der Waals surface area contributed by atoms with Crippen molar-refractivity contribution in [1.29, 1.82) is 0 Å². The number of nitrogens with one attached hydrogen (secondary N) is 2. The van der Waals surface area contributed by atoms with E-state index in [4.69, 9.17) is 0 Å².